The summed E-state index contributed by atoms with van der Waals surface area (Å²) >= 11 is 0. The minimum atomic E-state index is -0.942. The lowest BCUT2D eigenvalue weighted by Gasteiger charge is -2.06. The molecule has 0 saturated heterocycles. The van der Waals surface area contributed by atoms with Gasteiger partial charge in [-0.2, -0.15) is 0 Å². The van der Waals surface area contributed by atoms with Crippen LogP contribution in [0.4, 0.5) is 14.5 Å². The average Bonchev–Trinajstić information content (AvgIpc) is 2.86. The molecule has 0 aliphatic rings. The molecule has 4 N–H and O–H groups in total. The number of amides is 1. The van der Waals surface area contributed by atoms with Crippen LogP contribution < -0.4 is 11.1 Å². The van der Waals surface area contributed by atoms with Gasteiger partial charge in [0.25, 0.3) is 5.91 Å². The van der Waals surface area contributed by atoms with Crippen molar-refractivity contribution < 1.29 is 13.6 Å². The molecule has 0 aliphatic carbocycles. The quantitative estimate of drug-likeness (QED) is 0.728. The molecule has 2 rings (SSSR count). The highest BCUT2D eigenvalue weighted by Gasteiger charge is 2.14. The molecule has 100 valence electrons. The number of rotatable bonds is 4. The zero-order valence-electron chi connectivity index (χ0n) is 9.91. The summed E-state index contributed by atoms with van der Waals surface area (Å²) in [7, 11) is 0. The van der Waals surface area contributed by atoms with Crippen LogP contribution in [0.5, 0.6) is 0 Å². The molecule has 1 aromatic heterocycles. The summed E-state index contributed by atoms with van der Waals surface area (Å²) < 4.78 is 26.4. The summed E-state index contributed by atoms with van der Waals surface area (Å²) in [6, 6.07) is 1.57. The van der Waals surface area contributed by atoms with E-state index in [0.29, 0.717) is 18.3 Å². The fourth-order valence-electron chi connectivity index (χ4n) is 1.56. The summed E-state index contributed by atoms with van der Waals surface area (Å²) in [4.78, 5) is 18.5. The Morgan fingerprint density at radius 2 is 2.16 bits per heavy atom. The van der Waals surface area contributed by atoms with Crippen LogP contribution in [0.2, 0.25) is 0 Å². The summed E-state index contributed by atoms with van der Waals surface area (Å²) in [5, 5.41) is 2.51. The third-order valence-corrected chi connectivity index (χ3v) is 2.53. The van der Waals surface area contributed by atoms with Crippen molar-refractivity contribution in [2.45, 2.75) is 6.42 Å². The SMILES string of the molecule is Nc1cc(C(=O)NCCc2ncc[nH]2)c(F)cc1F. The van der Waals surface area contributed by atoms with Gasteiger partial charge in [-0.3, -0.25) is 4.79 Å². The molecule has 0 aliphatic heterocycles. The molecule has 0 spiro atoms. The van der Waals surface area contributed by atoms with Crippen LogP contribution in [0.25, 0.3) is 0 Å². The molecule has 0 fully saturated rings. The number of imidazole rings is 1. The first kappa shape index (κ1) is 13.0. The number of benzene rings is 1. The number of carbonyl (C=O) groups is 1. The van der Waals surface area contributed by atoms with E-state index in [4.69, 9.17) is 5.73 Å². The van der Waals surface area contributed by atoms with Gasteiger partial charge in [-0.15, -0.1) is 0 Å². The fourth-order valence-corrected chi connectivity index (χ4v) is 1.56. The number of nitrogens with one attached hydrogen (secondary N) is 2. The maximum atomic E-state index is 13.4. The van der Waals surface area contributed by atoms with Gasteiger partial charge in [-0.25, -0.2) is 13.8 Å². The average molecular weight is 266 g/mol. The minimum Gasteiger partial charge on any atom is -0.396 e. The molecule has 19 heavy (non-hydrogen) atoms. The number of nitrogens with two attached hydrogens (primary N) is 1. The molecule has 5 nitrogen and oxygen atoms in total. The maximum Gasteiger partial charge on any atom is 0.254 e. The number of hydrogen-bond acceptors (Lipinski definition) is 3. The predicted octanol–water partition coefficient (Wildman–Crippen LogP) is 1.24. The van der Waals surface area contributed by atoms with E-state index in [1.54, 1.807) is 12.4 Å². The zero-order chi connectivity index (χ0) is 13.8. The van der Waals surface area contributed by atoms with Crippen molar-refractivity contribution in [2.75, 3.05) is 12.3 Å². The Morgan fingerprint density at radius 3 is 2.84 bits per heavy atom. The van der Waals surface area contributed by atoms with Crippen LogP contribution in [0.15, 0.2) is 24.5 Å². The molecule has 0 bridgehead atoms. The second kappa shape index (κ2) is 5.47. The van der Waals surface area contributed by atoms with Crippen LogP contribution in [0.1, 0.15) is 16.2 Å². The maximum absolute atomic E-state index is 13.4. The van der Waals surface area contributed by atoms with E-state index in [1.165, 1.54) is 0 Å². The van der Waals surface area contributed by atoms with Gasteiger partial charge >= 0.3 is 0 Å². The highest BCUT2D eigenvalue weighted by Crippen LogP contribution is 2.16. The number of halogens is 2. The first-order chi connectivity index (χ1) is 9.08. The second-order valence-corrected chi connectivity index (χ2v) is 3.90. The molecule has 1 aromatic carbocycles. The summed E-state index contributed by atoms with van der Waals surface area (Å²) in [6.07, 6.45) is 3.74. The van der Waals surface area contributed by atoms with Crippen molar-refractivity contribution in [3.63, 3.8) is 0 Å². The summed E-state index contributed by atoms with van der Waals surface area (Å²) in [6.45, 7) is 0.281. The lowest BCUT2D eigenvalue weighted by molar-refractivity contribution is 0.0950. The summed E-state index contributed by atoms with van der Waals surface area (Å²) in [5.41, 5.74) is 4.75. The Bertz CT molecular complexity index is 584. The monoisotopic (exact) mass is 266 g/mol. The van der Waals surface area contributed by atoms with E-state index in [0.717, 1.165) is 6.07 Å². The Hall–Kier alpha value is -2.44. The van der Waals surface area contributed by atoms with Crippen molar-refractivity contribution in [1.82, 2.24) is 15.3 Å². The molecular formula is C12H12F2N4O. The van der Waals surface area contributed by atoms with Crippen molar-refractivity contribution in [3.05, 3.63) is 47.5 Å². The molecular weight excluding hydrogens is 254 g/mol. The number of aromatic nitrogens is 2. The highest BCUT2D eigenvalue weighted by molar-refractivity contribution is 5.95. The van der Waals surface area contributed by atoms with Crippen LogP contribution in [-0.2, 0) is 6.42 Å². The van der Waals surface area contributed by atoms with Crippen molar-refractivity contribution in [1.29, 1.82) is 0 Å². The number of hydrogen-bond donors (Lipinski definition) is 3. The lowest BCUT2D eigenvalue weighted by atomic mass is 10.1. The molecule has 1 amide bonds. The van der Waals surface area contributed by atoms with Crippen LogP contribution >= 0.6 is 0 Å². The normalized spacial score (nSPS) is 10.4. The number of nitrogens with zero attached hydrogens (tertiary/aromatic N) is 1. The van der Waals surface area contributed by atoms with E-state index in [9.17, 15) is 13.6 Å². The van der Waals surface area contributed by atoms with Gasteiger partial charge in [0, 0.05) is 31.4 Å². The van der Waals surface area contributed by atoms with Crippen LogP contribution in [0.3, 0.4) is 0 Å². The van der Waals surface area contributed by atoms with E-state index in [-0.39, 0.29) is 17.8 Å². The van der Waals surface area contributed by atoms with Crippen LogP contribution in [0, 0.1) is 11.6 Å². The lowest BCUT2D eigenvalue weighted by Crippen LogP contribution is -2.27. The van der Waals surface area contributed by atoms with E-state index >= 15 is 0 Å². The van der Waals surface area contributed by atoms with Gasteiger partial charge in [0.2, 0.25) is 0 Å². The molecule has 0 radical (unpaired) electrons. The summed E-state index contributed by atoms with van der Waals surface area (Å²) in [5.74, 6) is -1.76. The van der Waals surface area contributed by atoms with Gasteiger partial charge < -0.3 is 16.0 Å². The number of anilines is 1. The molecule has 7 heteroatoms. The Balaban J connectivity index is 1.98. The smallest absolute Gasteiger partial charge is 0.254 e. The molecule has 1 heterocycles. The van der Waals surface area contributed by atoms with E-state index < -0.39 is 17.5 Å². The molecule has 0 saturated carbocycles. The van der Waals surface area contributed by atoms with E-state index in [1.807, 2.05) is 0 Å². The van der Waals surface area contributed by atoms with Gasteiger partial charge in [0.15, 0.2) is 0 Å². The third kappa shape index (κ3) is 3.06. The third-order valence-electron chi connectivity index (χ3n) is 2.53. The van der Waals surface area contributed by atoms with Gasteiger partial charge in [0.05, 0.1) is 11.3 Å². The number of aromatic amines is 1. The topological polar surface area (TPSA) is 83.8 Å². The Labute approximate surface area is 107 Å². The van der Waals surface area contributed by atoms with Gasteiger partial charge in [0.1, 0.15) is 17.5 Å². The van der Waals surface area contributed by atoms with Gasteiger partial charge in [-0.1, -0.05) is 0 Å². The number of H-pyrrole nitrogens is 1. The first-order valence-corrected chi connectivity index (χ1v) is 5.59. The molecule has 2 aromatic rings. The van der Waals surface area contributed by atoms with Gasteiger partial charge in [-0.05, 0) is 6.07 Å². The van der Waals surface area contributed by atoms with Crippen molar-refractivity contribution in [2.24, 2.45) is 0 Å². The molecule has 0 unspecified atom stereocenters. The van der Waals surface area contributed by atoms with E-state index in [2.05, 4.69) is 15.3 Å². The first-order valence-electron chi connectivity index (χ1n) is 5.59. The number of carbonyl (C=O) groups excluding carboxylic acids is 1. The number of nitrogen functional groups attached to an aromatic ring is 1. The Kier molecular flexibility index (Phi) is 3.74. The predicted molar refractivity (Wildman–Crippen MR) is 65.4 cm³/mol. The zero-order valence-corrected chi connectivity index (χ0v) is 9.91. The fraction of sp³-hybridized carbons (Fsp3) is 0.167. The highest BCUT2D eigenvalue weighted by atomic mass is 19.1. The van der Waals surface area contributed by atoms with Crippen molar-refractivity contribution >= 4 is 11.6 Å². The standard InChI is InChI=1S/C12H12F2N4O/c13-8-6-9(14)10(15)5-7(8)12(19)18-2-1-11-16-3-4-17-11/h3-6H,1-2,15H2,(H,16,17)(H,18,19). The molecule has 0 atom stereocenters. The second-order valence-electron chi connectivity index (χ2n) is 3.90. The van der Waals surface area contributed by atoms with Crippen molar-refractivity contribution in [3.8, 4) is 0 Å². The Morgan fingerprint density at radius 1 is 1.37 bits per heavy atom. The minimum absolute atomic E-state index is 0.266. The largest absolute Gasteiger partial charge is 0.396 e. The van der Waals surface area contributed by atoms with Crippen LogP contribution in [-0.4, -0.2) is 22.4 Å².